The minimum atomic E-state index is -3.54. The third-order valence-corrected chi connectivity index (χ3v) is 8.75. The van der Waals surface area contributed by atoms with Crippen molar-refractivity contribution >= 4 is 27.3 Å². The van der Waals surface area contributed by atoms with Crippen LogP contribution in [0.2, 0.25) is 0 Å². The highest BCUT2D eigenvalue weighted by atomic mass is 32.2. The van der Waals surface area contributed by atoms with Gasteiger partial charge in [0.05, 0.1) is 18.6 Å². The Morgan fingerprint density at radius 2 is 1.70 bits per heavy atom. The number of methoxy groups -OCH3 is 1. The van der Waals surface area contributed by atoms with Gasteiger partial charge in [-0.3, -0.25) is 4.79 Å². The van der Waals surface area contributed by atoms with Crippen molar-refractivity contribution < 1.29 is 17.9 Å². The van der Waals surface area contributed by atoms with Gasteiger partial charge in [0.2, 0.25) is 15.9 Å². The van der Waals surface area contributed by atoms with Crippen LogP contribution < -0.4 is 4.74 Å². The summed E-state index contributed by atoms with van der Waals surface area (Å²) >= 11 is 1.62. The van der Waals surface area contributed by atoms with Crippen molar-refractivity contribution in [2.24, 2.45) is 5.92 Å². The van der Waals surface area contributed by atoms with Gasteiger partial charge in [-0.2, -0.15) is 4.31 Å². The maximum absolute atomic E-state index is 13.6. The van der Waals surface area contributed by atoms with E-state index >= 15 is 0 Å². The molecular formula is C25H28N2O4S2. The van der Waals surface area contributed by atoms with Crippen LogP contribution in [-0.2, 0) is 27.9 Å². The van der Waals surface area contributed by atoms with Crippen LogP contribution in [0.15, 0.2) is 77.0 Å². The SMILES string of the molecule is COc1ccccc1CN(Cc1cccs1)C(=O)C1CCN(S(=O)(=O)c2ccccc2)CC1. The molecule has 0 atom stereocenters. The quantitative estimate of drug-likeness (QED) is 0.476. The van der Waals surface area contributed by atoms with E-state index in [1.165, 1.54) is 4.31 Å². The molecule has 174 valence electrons. The highest BCUT2D eigenvalue weighted by Gasteiger charge is 2.34. The van der Waals surface area contributed by atoms with Gasteiger partial charge in [0.25, 0.3) is 0 Å². The summed E-state index contributed by atoms with van der Waals surface area (Å²) in [6.07, 6.45) is 1.02. The number of sulfonamides is 1. The van der Waals surface area contributed by atoms with Crippen LogP contribution in [-0.4, -0.2) is 43.7 Å². The van der Waals surface area contributed by atoms with Gasteiger partial charge < -0.3 is 9.64 Å². The summed E-state index contributed by atoms with van der Waals surface area (Å²) in [7, 11) is -1.90. The summed E-state index contributed by atoms with van der Waals surface area (Å²) < 4.78 is 32.9. The van der Waals surface area contributed by atoms with Gasteiger partial charge in [-0.05, 0) is 42.5 Å². The third kappa shape index (κ3) is 5.46. The van der Waals surface area contributed by atoms with Gasteiger partial charge in [0.15, 0.2) is 0 Å². The predicted molar refractivity (Wildman–Crippen MR) is 129 cm³/mol. The first kappa shape index (κ1) is 23.5. The average Bonchev–Trinajstić information content (AvgIpc) is 3.37. The number of para-hydroxylation sites is 1. The van der Waals surface area contributed by atoms with Crippen molar-refractivity contribution in [1.82, 2.24) is 9.21 Å². The zero-order chi connectivity index (χ0) is 23.3. The molecule has 0 saturated carbocycles. The molecule has 0 spiro atoms. The number of rotatable bonds is 8. The van der Waals surface area contributed by atoms with E-state index in [9.17, 15) is 13.2 Å². The number of carbonyl (C=O) groups excluding carboxylic acids is 1. The standard InChI is InChI=1S/C25H28N2O4S2/c1-31-24-12-6-5-8-21(24)18-26(19-22-9-7-17-32-22)25(28)20-13-15-27(16-14-20)33(29,30)23-10-3-2-4-11-23/h2-12,17,20H,13-16,18-19H2,1H3. The molecule has 2 aromatic carbocycles. The van der Waals surface area contributed by atoms with Crippen LogP contribution in [0.4, 0.5) is 0 Å². The Kier molecular flexibility index (Phi) is 7.47. The van der Waals surface area contributed by atoms with Crippen molar-refractivity contribution in [3.05, 3.63) is 82.6 Å². The molecule has 4 rings (SSSR count). The van der Waals surface area contributed by atoms with Crippen molar-refractivity contribution in [2.75, 3.05) is 20.2 Å². The number of thiophene rings is 1. The summed E-state index contributed by atoms with van der Waals surface area (Å²) in [5.41, 5.74) is 0.953. The lowest BCUT2D eigenvalue weighted by molar-refractivity contribution is -0.138. The second-order valence-electron chi connectivity index (χ2n) is 8.08. The number of piperidine rings is 1. The van der Waals surface area contributed by atoms with E-state index in [-0.39, 0.29) is 11.8 Å². The highest BCUT2D eigenvalue weighted by Crippen LogP contribution is 2.28. The van der Waals surface area contributed by atoms with Gasteiger partial charge in [0.1, 0.15) is 5.75 Å². The summed E-state index contributed by atoms with van der Waals surface area (Å²) in [6, 6.07) is 20.2. The van der Waals surface area contributed by atoms with Gasteiger partial charge in [-0.25, -0.2) is 8.42 Å². The normalized spacial score (nSPS) is 15.3. The van der Waals surface area contributed by atoms with E-state index < -0.39 is 10.0 Å². The average molecular weight is 485 g/mol. The van der Waals surface area contributed by atoms with Gasteiger partial charge in [-0.15, -0.1) is 11.3 Å². The molecule has 33 heavy (non-hydrogen) atoms. The topological polar surface area (TPSA) is 66.9 Å². The fourth-order valence-electron chi connectivity index (χ4n) is 4.18. The van der Waals surface area contributed by atoms with E-state index in [0.717, 1.165) is 16.2 Å². The number of benzene rings is 2. The lowest BCUT2D eigenvalue weighted by atomic mass is 9.96. The number of carbonyl (C=O) groups is 1. The van der Waals surface area contributed by atoms with Crippen molar-refractivity contribution in [1.29, 1.82) is 0 Å². The number of hydrogen-bond acceptors (Lipinski definition) is 5. The first-order valence-electron chi connectivity index (χ1n) is 11.0. The lowest BCUT2D eigenvalue weighted by Gasteiger charge is -2.34. The number of amides is 1. The third-order valence-electron chi connectivity index (χ3n) is 5.98. The molecular weight excluding hydrogens is 456 g/mol. The van der Waals surface area contributed by atoms with Gasteiger partial charge in [0, 0.05) is 36.0 Å². The molecule has 0 unspecified atom stereocenters. The largest absolute Gasteiger partial charge is 0.496 e. The molecule has 6 nitrogen and oxygen atoms in total. The predicted octanol–water partition coefficient (Wildman–Crippen LogP) is 4.39. The lowest BCUT2D eigenvalue weighted by Crippen LogP contribution is -2.44. The summed E-state index contributed by atoms with van der Waals surface area (Å²) in [6.45, 7) is 1.66. The molecule has 3 aromatic rings. The Bertz CT molecular complexity index is 1160. The highest BCUT2D eigenvalue weighted by molar-refractivity contribution is 7.89. The van der Waals surface area contributed by atoms with Crippen molar-refractivity contribution in [3.63, 3.8) is 0 Å². The molecule has 2 heterocycles. The van der Waals surface area contributed by atoms with E-state index in [0.29, 0.717) is 43.9 Å². The fourth-order valence-corrected chi connectivity index (χ4v) is 6.39. The molecule has 1 aliphatic heterocycles. The van der Waals surface area contributed by atoms with E-state index in [1.807, 2.05) is 46.7 Å². The monoisotopic (exact) mass is 484 g/mol. The van der Waals surface area contributed by atoms with Crippen LogP contribution in [0, 0.1) is 5.92 Å². The van der Waals surface area contributed by atoms with Crippen molar-refractivity contribution in [3.8, 4) is 5.75 Å². The number of ether oxygens (including phenoxy) is 1. The molecule has 1 aromatic heterocycles. The van der Waals surface area contributed by atoms with Gasteiger partial charge >= 0.3 is 0 Å². The molecule has 8 heteroatoms. The van der Waals surface area contributed by atoms with E-state index in [2.05, 4.69) is 0 Å². The number of nitrogens with zero attached hydrogens (tertiary/aromatic N) is 2. The Morgan fingerprint density at radius 1 is 1.00 bits per heavy atom. The Morgan fingerprint density at radius 3 is 2.36 bits per heavy atom. The summed E-state index contributed by atoms with van der Waals surface area (Å²) in [5.74, 6) is 0.609. The Hall–Kier alpha value is -2.68. The molecule has 1 fully saturated rings. The minimum absolute atomic E-state index is 0.0612. The summed E-state index contributed by atoms with van der Waals surface area (Å²) in [4.78, 5) is 16.9. The van der Waals surface area contributed by atoms with Gasteiger partial charge in [-0.1, -0.05) is 42.5 Å². The molecule has 1 saturated heterocycles. The number of hydrogen-bond donors (Lipinski definition) is 0. The van der Waals surface area contributed by atoms with Crippen LogP contribution in [0.1, 0.15) is 23.3 Å². The fraction of sp³-hybridized carbons (Fsp3) is 0.320. The zero-order valence-electron chi connectivity index (χ0n) is 18.6. The second kappa shape index (κ2) is 10.5. The molecule has 0 bridgehead atoms. The Labute approximate surface area is 199 Å². The molecule has 0 radical (unpaired) electrons. The molecule has 1 amide bonds. The van der Waals surface area contributed by atoms with E-state index in [1.54, 1.807) is 48.8 Å². The van der Waals surface area contributed by atoms with Crippen molar-refractivity contribution in [2.45, 2.75) is 30.8 Å². The first-order chi connectivity index (χ1) is 16.0. The first-order valence-corrected chi connectivity index (χ1v) is 13.3. The zero-order valence-corrected chi connectivity index (χ0v) is 20.2. The smallest absolute Gasteiger partial charge is 0.243 e. The van der Waals surface area contributed by atoms with Crippen LogP contribution in [0.25, 0.3) is 0 Å². The minimum Gasteiger partial charge on any atom is -0.496 e. The maximum Gasteiger partial charge on any atom is 0.243 e. The van der Waals surface area contributed by atoms with Crippen LogP contribution in [0.5, 0.6) is 5.75 Å². The molecule has 0 aliphatic carbocycles. The van der Waals surface area contributed by atoms with Crippen LogP contribution >= 0.6 is 11.3 Å². The Balaban J connectivity index is 1.47. The maximum atomic E-state index is 13.6. The van der Waals surface area contributed by atoms with E-state index in [4.69, 9.17) is 4.74 Å². The second-order valence-corrected chi connectivity index (χ2v) is 11.0. The molecule has 0 N–H and O–H groups in total. The molecule has 1 aliphatic rings. The summed E-state index contributed by atoms with van der Waals surface area (Å²) in [5, 5.41) is 2.01. The van der Waals surface area contributed by atoms with Crippen LogP contribution in [0.3, 0.4) is 0 Å².